The van der Waals surface area contributed by atoms with E-state index >= 15 is 0 Å². The largest absolute Gasteiger partial charge is 0.497 e. The Morgan fingerprint density at radius 1 is 1.25 bits per heavy atom. The highest BCUT2D eigenvalue weighted by Crippen LogP contribution is 2.38. The van der Waals surface area contributed by atoms with Crippen LogP contribution in [0.15, 0.2) is 42.5 Å². The highest BCUT2D eigenvalue weighted by Gasteiger charge is 2.30. The van der Waals surface area contributed by atoms with Crippen LogP contribution >= 0.6 is 11.8 Å². The molecular formula is C18H17F2NO2S. The van der Waals surface area contributed by atoms with Crippen LogP contribution < -0.4 is 4.74 Å². The van der Waals surface area contributed by atoms with Crippen molar-refractivity contribution in [3.05, 3.63) is 65.2 Å². The standard InChI is InChI=1S/C18H17F2NO2S/c1-23-15-6-3-12(4-7-15)18-21(8-9-24-18)17(22)10-13-2-5-14(19)11-16(13)20/h2-7,11,18H,8-10H2,1H3. The molecule has 0 aromatic heterocycles. The van der Waals surface area contributed by atoms with Crippen LogP contribution in [0.25, 0.3) is 0 Å². The number of methoxy groups -OCH3 is 1. The summed E-state index contributed by atoms with van der Waals surface area (Å²) in [6.45, 7) is 0.614. The number of hydrogen-bond acceptors (Lipinski definition) is 3. The van der Waals surface area contributed by atoms with Gasteiger partial charge in [-0.25, -0.2) is 8.78 Å². The first-order chi connectivity index (χ1) is 11.6. The molecule has 0 bridgehead atoms. The molecule has 1 heterocycles. The maximum atomic E-state index is 13.8. The molecule has 0 aliphatic carbocycles. The summed E-state index contributed by atoms with van der Waals surface area (Å²) in [6, 6.07) is 10.9. The molecule has 6 heteroatoms. The molecular weight excluding hydrogens is 332 g/mol. The summed E-state index contributed by atoms with van der Waals surface area (Å²) in [6.07, 6.45) is -0.0701. The van der Waals surface area contributed by atoms with Crippen LogP contribution in [0.4, 0.5) is 8.78 Å². The van der Waals surface area contributed by atoms with Crippen molar-refractivity contribution in [1.82, 2.24) is 4.90 Å². The number of ether oxygens (including phenoxy) is 1. The second kappa shape index (κ2) is 7.21. The van der Waals surface area contributed by atoms with Gasteiger partial charge in [-0.1, -0.05) is 18.2 Å². The van der Waals surface area contributed by atoms with Gasteiger partial charge in [-0.15, -0.1) is 11.8 Å². The fourth-order valence-electron chi connectivity index (χ4n) is 2.70. The Kier molecular flexibility index (Phi) is 5.04. The van der Waals surface area contributed by atoms with E-state index in [0.29, 0.717) is 6.54 Å². The van der Waals surface area contributed by atoms with Crippen LogP contribution in [-0.4, -0.2) is 30.2 Å². The average molecular weight is 349 g/mol. The van der Waals surface area contributed by atoms with Crippen molar-refractivity contribution in [2.75, 3.05) is 19.4 Å². The number of rotatable bonds is 4. The van der Waals surface area contributed by atoms with E-state index in [1.165, 1.54) is 12.1 Å². The normalized spacial score (nSPS) is 17.1. The van der Waals surface area contributed by atoms with E-state index in [4.69, 9.17) is 4.74 Å². The van der Waals surface area contributed by atoms with Crippen LogP contribution in [0.3, 0.4) is 0 Å². The van der Waals surface area contributed by atoms with E-state index in [1.54, 1.807) is 23.8 Å². The Balaban J connectivity index is 1.75. The van der Waals surface area contributed by atoms with E-state index < -0.39 is 11.6 Å². The Hall–Kier alpha value is -2.08. The molecule has 1 amide bonds. The molecule has 1 saturated heterocycles. The predicted molar refractivity (Wildman–Crippen MR) is 90.0 cm³/mol. The summed E-state index contributed by atoms with van der Waals surface area (Å²) >= 11 is 1.67. The van der Waals surface area contributed by atoms with Crippen LogP contribution in [-0.2, 0) is 11.2 Å². The molecule has 0 radical (unpaired) electrons. The third kappa shape index (κ3) is 3.53. The zero-order valence-electron chi connectivity index (χ0n) is 13.2. The molecule has 126 valence electrons. The van der Waals surface area contributed by atoms with E-state index in [2.05, 4.69) is 0 Å². The van der Waals surface area contributed by atoms with Gasteiger partial charge in [-0.3, -0.25) is 4.79 Å². The lowest BCUT2D eigenvalue weighted by Gasteiger charge is -2.24. The van der Waals surface area contributed by atoms with Crippen LogP contribution in [0.1, 0.15) is 16.5 Å². The van der Waals surface area contributed by atoms with Crippen molar-refractivity contribution in [2.24, 2.45) is 0 Å². The Bertz CT molecular complexity index is 736. The number of halogens is 2. The Morgan fingerprint density at radius 3 is 2.67 bits per heavy atom. The summed E-state index contributed by atoms with van der Waals surface area (Å²) in [4.78, 5) is 14.3. The van der Waals surface area contributed by atoms with E-state index in [-0.39, 0.29) is 23.3 Å². The minimum atomic E-state index is -0.684. The van der Waals surface area contributed by atoms with E-state index in [9.17, 15) is 13.6 Å². The van der Waals surface area contributed by atoms with Gasteiger partial charge in [0.2, 0.25) is 5.91 Å². The molecule has 0 N–H and O–H groups in total. The van der Waals surface area contributed by atoms with Crippen molar-refractivity contribution < 1.29 is 18.3 Å². The maximum absolute atomic E-state index is 13.8. The zero-order valence-corrected chi connectivity index (χ0v) is 14.0. The van der Waals surface area contributed by atoms with Gasteiger partial charge in [0, 0.05) is 18.4 Å². The maximum Gasteiger partial charge on any atom is 0.228 e. The fraction of sp³-hybridized carbons (Fsp3) is 0.278. The predicted octanol–water partition coefficient (Wildman–Crippen LogP) is 3.79. The molecule has 24 heavy (non-hydrogen) atoms. The van der Waals surface area contributed by atoms with Crippen molar-refractivity contribution in [1.29, 1.82) is 0 Å². The number of thioether (sulfide) groups is 1. The summed E-state index contributed by atoms with van der Waals surface area (Å²) in [7, 11) is 1.60. The van der Waals surface area contributed by atoms with Gasteiger partial charge in [0.15, 0.2) is 0 Å². The molecule has 3 nitrogen and oxygen atoms in total. The number of nitrogens with zero attached hydrogens (tertiary/aromatic N) is 1. The lowest BCUT2D eigenvalue weighted by molar-refractivity contribution is -0.130. The van der Waals surface area contributed by atoms with Crippen molar-refractivity contribution in [3.8, 4) is 5.75 Å². The molecule has 2 aromatic carbocycles. The van der Waals surface area contributed by atoms with E-state index in [0.717, 1.165) is 23.1 Å². The molecule has 3 rings (SSSR count). The summed E-state index contributed by atoms with van der Waals surface area (Å²) in [5.74, 6) is 0.0981. The summed E-state index contributed by atoms with van der Waals surface area (Å²) in [5, 5.41) is -0.0908. The molecule has 1 unspecified atom stereocenters. The number of carbonyl (C=O) groups excluding carboxylic acids is 1. The first kappa shape index (κ1) is 16.8. The van der Waals surface area contributed by atoms with Gasteiger partial charge in [-0.05, 0) is 29.3 Å². The second-order valence-corrected chi connectivity index (χ2v) is 6.68. The lowest BCUT2D eigenvalue weighted by Crippen LogP contribution is -2.31. The minimum absolute atomic E-state index is 0.0701. The van der Waals surface area contributed by atoms with Crippen LogP contribution in [0.5, 0.6) is 5.75 Å². The quantitative estimate of drug-likeness (QED) is 0.841. The van der Waals surface area contributed by atoms with Gasteiger partial charge >= 0.3 is 0 Å². The van der Waals surface area contributed by atoms with Crippen molar-refractivity contribution in [3.63, 3.8) is 0 Å². The molecule has 1 atom stereocenters. The molecule has 0 spiro atoms. The minimum Gasteiger partial charge on any atom is -0.497 e. The highest BCUT2D eigenvalue weighted by molar-refractivity contribution is 7.99. The number of benzene rings is 2. The zero-order chi connectivity index (χ0) is 17.1. The smallest absolute Gasteiger partial charge is 0.228 e. The Morgan fingerprint density at radius 2 is 2.00 bits per heavy atom. The van der Waals surface area contributed by atoms with Gasteiger partial charge in [0.05, 0.1) is 13.5 Å². The van der Waals surface area contributed by atoms with Crippen LogP contribution in [0, 0.1) is 11.6 Å². The number of carbonyl (C=O) groups is 1. The van der Waals surface area contributed by atoms with Crippen molar-refractivity contribution in [2.45, 2.75) is 11.8 Å². The summed E-state index contributed by atoms with van der Waals surface area (Å²) < 4.78 is 31.9. The van der Waals surface area contributed by atoms with Gasteiger partial charge in [-0.2, -0.15) is 0 Å². The third-order valence-corrected chi connectivity index (χ3v) is 5.23. The number of amides is 1. The van der Waals surface area contributed by atoms with Crippen LogP contribution in [0.2, 0.25) is 0 Å². The van der Waals surface area contributed by atoms with Gasteiger partial charge in [0.1, 0.15) is 22.8 Å². The molecule has 1 aliphatic rings. The van der Waals surface area contributed by atoms with Gasteiger partial charge in [0.25, 0.3) is 0 Å². The van der Waals surface area contributed by atoms with E-state index in [1.807, 2.05) is 24.3 Å². The fourth-order valence-corrected chi connectivity index (χ4v) is 3.98. The van der Waals surface area contributed by atoms with Gasteiger partial charge < -0.3 is 9.64 Å². The average Bonchev–Trinajstić information content (AvgIpc) is 3.07. The lowest BCUT2D eigenvalue weighted by atomic mass is 10.1. The van der Waals surface area contributed by atoms with Crippen molar-refractivity contribution >= 4 is 17.7 Å². The first-order valence-electron chi connectivity index (χ1n) is 7.57. The SMILES string of the molecule is COc1ccc(C2SCCN2C(=O)Cc2ccc(F)cc2F)cc1. The molecule has 1 fully saturated rings. The Labute approximate surface area is 143 Å². The monoisotopic (exact) mass is 349 g/mol. The first-order valence-corrected chi connectivity index (χ1v) is 8.62. The third-order valence-electron chi connectivity index (χ3n) is 3.97. The summed E-state index contributed by atoms with van der Waals surface area (Å²) in [5.41, 5.74) is 1.22. The molecule has 2 aromatic rings. The number of hydrogen-bond donors (Lipinski definition) is 0. The highest BCUT2D eigenvalue weighted by atomic mass is 32.2. The second-order valence-electron chi connectivity index (χ2n) is 5.50. The molecule has 1 aliphatic heterocycles. The topological polar surface area (TPSA) is 29.5 Å². The molecule has 0 saturated carbocycles.